The second-order valence-corrected chi connectivity index (χ2v) is 7.03. The Balaban J connectivity index is 2.08. The van der Waals surface area contributed by atoms with Crippen LogP contribution in [0, 0.1) is 10.1 Å². The molecule has 0 spiro atoms. The third-order valence-corrected chi connectivity index (χ3v) is 4.30. The molecule has 2 aromatic carbocycles. The van der Waals surface area contributed by atoms with Crippen LogP contribution < -0.4 is 4.74 Å². The second kappa shape index (κ2) is 9.64. The zero-order chi connectivity index (χ0) is 21.6. The first kappa shape index (κ1) is 21.8. The Hall–Kier alpha value is -3.48. The van der Waals surface area contributed by atoms with Crippen molar-refractivity contribution in [1.29, 1.82) is 0 Å². The molecular weight excluding hydrogens is 372 g/mol. The topological polar surface area (TPSA) is 89.8 Å². The zero-order valence-corrected chi connectivity index (χ0v) is 16.9. The van der Waals surface area contributed by atoms with E-state index in [9.17, 15) is 19.7 Å². The summed E-state index contributed by atoms with van der Waals surface area (Å²) in [5.41, 5.74) is 1.72. The van der Waals surface area contributed by atoms with Crippen LogP contribution >= 0.6 is 0 Å². The van der Waals surface area contributed by atoms with E-state index in [1.54, 1.807) is 56.6 Å². The molecule has 2 aromatic rings. The number of carbonyl (C=O) groups is 2. The maximum Gasteiger partial charge on any atom is 0.273 e. The van der Waals surface area contributed by atoms with Gasteiger partial charge < -0.3 is 9.64 Å². The minimum Gasteiger partial charge on any atom is -0.484 e. The molecule has 0 aromatic heterocycles. The van der Waals surface area contributed by atoms with E-state index < -0.39 is 4.92 Å². The van der Waals surface area contributed by atoms with Crippen molar-refractivity contribution < 1.29 is 19.2 Å². The number of likely N-dealkylation sites (N-methyl/N-ethyl adjacent to an activating group) is 1. The smallest absolute Gasteiger partial charge is 0.273 e. The standard InChI is InChI=1S/C22H24N2O5/c1-15(2)19-11-5-16(13-20(19)24(27)28)6-12-21(25)17-7-9-18(10-8-17)29-14-22(26)23(3)4/h5-13,15H,14H2,1-4H3/b12-6+. The summed E-state index contributed by atoms with van der Waals surface area (Å²) in [6, 6.07) is 11.4. The highest BCUT2D eigenvalue weighted by molar-refractivity contribution is 6.06. The van der Waals surface area contributed by atoms with Crippen molar-refractivity contribution in [1.82, 2.24) is 4.90 Å². The summed E-state index contributed by atoms with van der Waals surface area (Å²) < 4.78 is 5.37. The van der Waals surface area contributed by atoms with E-state index in [2.05, 4.69) is 0 Å². The van der Waals surface area contributed by atoms with Gasteiger partial charge >= 0.3 is 0 Å². The fraction of sp³-hybridized carbons (Fsp3) is 0.273. The molecule has 7 nitrogen and oxygen atoms in total. The molecule has 2 rings (SSSR count). The quantitative estimate of drug-likeness (QED) is 0.290. The van der Waals surface area contributed by atoms with Crippen molar-refractivity contribution >= 4 is 23.5 Å². The molecule has 0 saturated heterocycles. The number of nitro benzene ring substituents is 1. The van der Waals surface area contributed by atoms with Gasteiger partial charge in [-0.3, -0.25) is 19.7 Å². The normalized spacial score (nSPS) is 10.9. The molecule has 29 heavy (non-hydrogen) atoms. The van der Waals surface area contributed by atoms with Gasteiger partial charge in [0.15, 0.2) is 12.4 Å². The summed E-state index contributed by atoms with van der Waals surface area (Å²) in [5.74, 6) is 0.117. The van der Waals surface area contributed by atoms with Gasteiger partial charge in [-0.1, -0.05) is 32.1 Å². The van der Waals surface area contributed by atoms with E-state index in [-0.39, 0.29) is 29.9 Å². The highest BCUT2D eigenvalue weighted by Crippen LogP contribution is 2.27. The number of allylic oxidation sites excluding steroid dienone is 1. The van der Waals surface area contributed by atoms with Crippen molar-refractivity contribution in [2.75, 3.05) is 20.7 Å². The molecule has 0 radical (unpaired) electrons. The molecule has 0 aliphatic heterocycles. The van der Waals surface area contributed by atoms with Crippen LogP contribution in [0.3, 0.4) is 0 Å². The Bertz CT molecular complexity index is 931. The lowest BCUT2D eigenvalue weighted by atomic mass is 9.99. The number of rotatable bonds is 8. The van der Waals surface area contributed by atoms with Crippen molar-refractivity contribution in [2.24, 2.45) is 0 Å². The summed E-state index contributed by atoms with van der Waals surface area (Å²) in [6.45, 7) is 3.71. The Morgan fingerprint density at radius 3 is 2.34 bits per heavy atom. The number of ketones is 1. The van der Waals surface area contributed by atoms with Crippen LogP contribution in [0.1, 0.15) is 41.3 Å². The monoisotopic (exact) mass is 396 g/mol. The van der Waals surface area contributed by atoms with Gasteiger partial charge in [0, 0.05) is 31.3 Å². The molecule has 0 saturated carbocycles. The molecule has 7 heteroatoms. The lowest BCUT2D eigenvalue weighted by molar-refractivity contribution is -0.385. The SMILES string of the molecule is CC(C)c1ccc(/C=C/C(=O)c2ccc(OCC(=O)N(C)C)cc2)cc1[N+](=O)[O-]. The predicted molar refractivity (Wildman–Crippen MR) is 111 cm³/mol. The van der Waals surface area contributed by atoms with Crippen molar-refractivity contribution in [2.45, 2.75) is 19.8 Å². The number of nitrogens with zero attached hydrogens (tertiary/aromatic N) is 2. The summed E-state index contributed by atoms with van der Waals surface area (Å²) in [6.07, 6.45) is 2.93. The van der Waals surface area contributed by atoms with Crippen LogP contribution in [-0.4, -0.2) is 42.2 Å². The first-order chi connectivity index (χ1) is 13.7. The molecule has 0 unspecified atom stereocenters. The number of nitro groups is 1. The molecule has 0 heterocycles. The van der Waals surface area contributed by atoms with E-state index in [0.717, 1.165) is 0 Å². The number of benzene rings is 2. The lowest BCUT2D eigenvalue weighted by Gasteiger charge is -2.11. The third-order valence-electron chi connectivity index (χ3n) is 4.30. The summed E-state index contributed by atoms with van der Waals surface area (Å²) in [4.78, 5) is 36.2. The van der Waals surface area contributed by atoms with Crippen LogP contribution in [0.15, 0.2) is 48.5 Å². The van der Waals surface area contributed by atoms with Crippen LogP contribution in [0.4, 0.5) is 5.69 Å². The zero-order valence-electron chi connectivity index (χ0n) is 16.9. The fourth-order valence-corrected chi connectivity index (χ4v) is 2.57. The van der Waals surface area contributed by atoms with E-state index in [4.69, 9.17) is 4.74 Å². The molecule has 0 atom stereocenters. The fourth-order valence-electron chi connectivity index (χ4n) is 2.57. The summed E-state index contributed by atoms with van der Waals surface area (Å²) in [5, 5.41) is 11.3. The average Bonchev–Trinajstić information content (AvgIpc) is 2.70. The van der Waals surface area contributed by atoms with Gasteiger partial charge in [-0.15, -0.1) is 0 Å². The first-order valence-corrected chi connectivity index (χ1v) is 9.12. The minimum atomic E-state index is -0.408. The van der Waals surface area contributed by atoms with Crippen molar-refractivity contribution in [3.63, 3.8) is 0 Å². The molecule has 152 valence electrons. The Morgan fingerprint density at radius 1 is 1.14 bits per heavy atom. The van der Waals surface area contributed by atoms with Gasteiger partial charge in [0.1, 0.15) is 5.75 Å². The maximum absolute atomic E-state index is 12.4. The predicted octanol–water partition coefficient (Wildman–Crippen LogP) is 4.08. The Morgan fingerprint density at radius 2 is 1.79 bits per heavy atom. The Kier molecular flexibility index (Phi) is 7.25. The summed E-state index contributed by atoms with van der Waals surface area (Å²) >= 11 is 0. The molecule has 0 aliphatic carbocycles. The van der Waals surface area contributed by atoms with E-state index >= 15 is 0 Å². The van der Waals surface area contributed by atoms with Gasteiger partial charge in [0.05, 0.1) is 4.92 Å². The van der Waals surface area contributed by atoms with E-state index in [1.165, 1.54) is 17.0 Å². The van der Waals surface area contributed by atoms with Crippen molar-refractivity contribution in [3.8, 4) is 5.75 Å². The number of hydrogen-bond donors (Lipinski definition) is 0. The van der Waals surface area contributed by atoms with E-state index in [1.807, 2.05) is 13.8 Å². The maximum atomic E-state index is 12.4. The number of amides is 1. The van der Waals surface area contributed by atoms with Crippen LogP contribution in [0.2, 0.25) is 0 Å². The average molecular weight is 396 g/mol. The van der Waals surface area contributed by atoms with Crippen LogP contribution in [0.25, 0.3) is 6.08 Å². The third kappa shape index (κ3) is 6.00. The number of hydrogen-bond acceptors (Lipinski definition) is 5. The first-order valence-electron chi connectivity index (χ1n) is 9.12. The molecule has 1 amide bonds. The van der Waals surface area contributed by atoms with Gasteiger partial charge in [-0.25, -0.2) is 0 Å². The van der Waals surface area contributed by atoms with E-state index in [0.29, 0.717) is 22.4 Å². The van der Waals surface area contributed by atoms with Crippen LogP contribution in [0.5, 0.6) is 5.75 Å². The molecule has 0 N–H and O–H groups in total. The lowest BCUT2D eigenvalue weighted by Crippen LogP contribution is -2.27. The van der Waals surface area contributed by atoms with Gasteiger partial charge in [0.25, 0.3) is 11.6 Å². The van der Waals surface area contributed by atoms with Gasteiger partial charge in [0.2, 0.25) is 0 Å². The molecule has 0 bridgehead atoms. The molecule has 0 fully saturated rings. The highest BCUT2D eigenvalue weighted by atomic mass is 16.6. The Labute approximate surface area is 169 Å². The van der Waals surface area contributed by atoms with Gasteiger partial charge in [-0.2, -0.15) is 0 Å². The minimum absolute atomic E-state index is 0.0313. The highest BCUT2D eigenvalue weighted by Gasteiger charge is 2.16. The largest absolute Gasteiger partial charge is 0.484 e. The second-order valence-electron chi connectivity index (χ2n) is 7.03. The van der Waals surface area contributed by atoms with Crippen LogP contribution in [-0.2, 0) is 4.79 Å². The molecule has 0 aliphatic rings. The number of ether oxygens (including phenoxy) is 1. The molecular formula is C22H24N2O5. The van der Waals surface area contributed by atoms with Crippen molar-refractivity contribution in [3.05, 3.63) is 75.3 Å². The number of carbonyl (C=O) groups excluding carboxylic acids is 2. The van der Waals surface area contributed by atoms with Gasteiger partial charge in [-0.05, 0) is 41.8 Å². The summed E-state index contributed by atoms with van der Waals surface area (Å²) in [7, 11) is 3.29.